The number of amides is 1. The minimum atomic E-state index is -3.99. The first-order chi connectivity index (χ1) is 12.5. The third kappa shape index (κ3) is 26.4. The number of rotatable bonds is 19. The SMILES string of the molecule is CCCCCCCCCCCCCCCCCC(=O)NCCS(=O)(=O)O.[Na]. The van der Waals surface area contributed by atoms with Crippen molar-refractivity contribution in [2.75, 3.05) is 12.3 Å². The average Bonchev–Trinajstić information content (AvgIpc) is 2.57. The van der Waals surface area contributed by atoms with Crippen molar-refractivity contribution in [1.29, 1.82) is 0 Å². The molecule has 7 heteroatoms. The van der Waals surface area contributed by atoms with Gasteiger partial charge in [-0.25, -0.2) is 0 Å². The molecule has 0 aromatic rings. The maximum Gasteiger partial charge on any atom is 0.266 e. The summed E-state index contributed by atoms with van der Waals surface area (Å²) in [5.41, 5.74) is 0. The summed E-state index contributed by atoms with van der Waals surface area (Å²) in [5, 5.41) is 2.51. The van der Waals surface area contributed by atoms with Gasteiger partial charge >= 0.3 is 0 Å². The van der Waals surface area contributed by atoms with E-state index in [2.05, 4.69) is 12.2 Å². The number of carbonyl (C=O) groups excluding carboxylic acids is 1. The Bertz CT molecular complexity index is 430. The molecule has 0 aliphatic rings. The Kier molecular flexibility index (Phi) is 23.1. The van der Waals surface area contributed by atoms with Crippen molar-refractivity contribution in [1.82, 2.24) is 5.32 Å². The van der Waals surface area contributed by atoms with Crippen LogP contribution in [-0.2, 0) is 14.9 Å². The molecule has 0 aliphatic carbocycles. The number of hydrogen-bond acceptors (Lipinski definition) is 3. The molecule has 0 saturated heterocycles. The van der Waals surface area contributed by atoms with E-state index in [1.165, 1.54) is 77.0 Å². The summed E-state index contributed by atoms with van der Waals surface area (Å²) in [6.45, 7) is 2.24. The van der Waals surface area contributed by atoms with Gasteiger partial charge in [-0.3, -0.25) is 9.35 Å². The zero-order valence-corrected chi connectivity index (χ0v) is 20.6. The predicted molar refractivity (Wildman–Crippen MR) is 115 cm³/mol. The largest absolute Gasteiger partial charge is 0.355 e. The third-order valence-corrected chi connectivity index (χ3v) is 5.41. The van der Waals surface area contributed by atoms with Crippen LogP contribution in [0.3, 0.4) is 0 Å². The molecule has 0 spiro atoms. The Labute approximate surface area is 189 Å². The third-order valence-electron chi connectivity index (χ3n) is 4.69. The van der Waals surface area contributed by atoms with Crippen molar-refractivity contribution in [3.05, 3.63) is 0 Å². The van der Waals surface area contributed by atoms with Gasteiger partial charge in [-0.05, 0) is 6.42 Å². The summed E-state index contributed by atoms with van der Waals surface area (Å²) in [4.78, 5) is 11.5. The van der Waals surface area contributed by atoms with Gasteiger partial charge in [-0.2, -0.15) is 8.42 Å². The molecule has 0 rings (SSSR count). The van der Waals surface area contributed by atoms with E-state index < -0.39 is 15.9 Å². The maximum atomic E-state index is 11.5. The molecule has 157 valence electrons. The molecule has 0 aromatic heterocycles. The van der Waals surface area contributed by atoms with Crippen LogP contribution >= 0.6 is 0 Å². The Hall–Kier alpha value is 0.380. The molecular formula is C20H41NNaO4S. The Morgan fingerprint density at radius 3 is 1.48 bits per heavy atom. The topological polar surface area (TPSA) is 83.5 Å². The van der Waals surface area contributed by atoms with Gasteiger partial charge in [0.05, 0.1) is 5.75 Å². The van der Waals surface area contributed by atoms with E-state index in [0.29, 0.717) is 6.42 Å². The van der Waals surface area contributed by atoms with Crippen LogP contribution in [0.25, 0.3) is 0 Å². The first kappa shape index (κ1) is 29.6. The van der Waals surface area contributed by atoms with Gasteiger partial charge in [0.2, 0.25) is 5.91 Å². The first-order valence-corrected chi connectivity index (χ1v) is 12.3. The average molecular weight is 415 g/mol. The summed E-state index contributed by atoms with van der Waals surface area (Å²) < 4.78 is 29.6. The van der Waals surface area contributed by atoms with Gasteiger partial charge in [-0.1, -0.05) is 96.8 Å². The van der Waals surface area contributed by atoms with E-state index in [1.807, 2.05) is 0 Å². The van der Waals surface area contributed by atoms with Gasteiger partial charge in [0.1, 0.15) is 0 Å². The van der Waals surface area contributed by atoms with Crippen LogP contribution in [0.5, 0.6) is 0 Å². The van der Waals surface area contributed by atoms with Crippen molar-refractivity contribution in [2.24, 2.45) is 0 Å². The van der Waals surface area contributed by atoms with Gasteiger partial charge in [-0.15, -0.1) is 0 Å². The fourth-order valence-electron chi connectivity index (χ4n) is 3.06. The molecule has 27 heavy (non-hydrogen) atoms. The molecule has 0 fully saturated rings. The smallest absolute Gasteiger partial charge is 0.266 e. The number of carbonyl (C=O) groups is 1. The summed E-state index contributed by atoms with van der Waals surface area (Å²) in [7, 11) is -3.99. The minimum absolute atomic E-state index is 0. The Morgan fingerprint density at radius 2 is 1.11 bits per heavy atom. The van der Waals surface area contributed by atoms with Crippen LogP contribution in [0.4, 0.5) is 0 Å². The van der Waals surface area contributed by atoms with E-state index in [1.54, 1.807) is 0 Å². The molecule has 0 aromatic carbocycles. The molecule has 5 nitrogen and oxygen atoms in total. The van der Waals surface area contributed by atoms with E-state index in [9.17, 15) is 13.2 Å². The van der Waals surface area contributed by atoms with E-state index in [4.69, 9.17) is 4.55 Å². The van der Waals surface area contributed by atoms with Gasteiger partial charge in [0, 0.05) is 42.5 Å². The molecule has 1 radical (unpaired) electrons. The van der Waals surface area contributed by atoms with Crippen LogP contribution < -0.4 is 5.32 Å². The molecule has 0 aliphatic heterocycles. The van der Waals surface area contributed by atoms with E-state index in [-0.39, 0.29) is 42.0 Å². The van der Waals surface area contributed by atoms with Gasteiger partial charge < -0.3 is 5.32 Å². The summed E-state index contributed by atoms with van der Waals surface area (Å²) >= 11 is 0. The normalized spacial score (nSPS) is 11.2. The second kappa shape index (κ2) is 21.1. The molecule has 0 bridgehead atoms. The Balaban J connectivity index is 0. The maximum absolute atomic E-state index is 11.5. The fourth-order valence-corrected chi connectivity index (χ4v) is 3.42. The molecule has 2 N–H and O–H groups in total. The van der Waals surface area contributed by atoms with Crippen molar-refractivity contribution in [3.63, 3.8) is 0 Å². The van der Waals surface area contributed by atoms with Crippen LogP contribution in [0, 0.1) is 0 Å². The summed E-state index contributed by atoms with van der Waals surface area (Å²) in [6, 6.07) is 0. The van der Waals surface area contributed by atoms with Gasteiger partial charge in [0.25, 0.3) is 10.1 Å². The molecule has 0 unspecified atom stereocenters. The van der Waals surface area contributed by atoms with Crippen LogP contribution in [-0.4, -0.2) is 60.7 Å². The number of hydrogen-bond donors (Lipinski definition) is 2. The van der Waals surface area contributed by atoms with E-state index in [0.717, 1.165) is 19.3 Å². The van der Waals surface area contributed by atoms with Crippen LogP contribution in [0.2, 0.25) is 0 Å². The van der Waals surface area contributed by atoms with Crippen LogP contribution in [0.15, 0.2) is 0 Å². The van der Waals surface area contributed by atoms with Gasteiger partial charge in [0.15, 0.2) is 0 Å². The fraction of sp³-hybridized carbons (Fsp3) is 0.950. The monoisotopic (exact) mass is 414 g/mol. The number of unbranched alkanes of at least 4 members (excludes halogenated alkanes) is 14. The molecule has 0 heterocycles. The second-order valence-corrected chi connectivity index (χ2v) is 8.91. The molecule has 0 atom stereocenters. The summed E-state index contributed by atoms with van der Waals surface area (Å²) in [5.74, 6) is -0.555. The quantitative estimate of drug-likeness (QED) is 0.179. The predicted octanol–water partition coefficient (Wildman–Crippen LogP) is 4.87. The first-order valence-electron chi connectivity index (χ1n) is 10.7. The van der Waals surface area contributed by atoms with Crippen molar-refractivity contribution < 1.29 is 17.8 Å². The zero-order valence-electron chi connectivity index (χ0n) is 17.8. The standard InChI is InChI=1S/C20H41NO4S.Na/c1-2-3-4-5-6-7-8-9-10-11-12-13-14-15-16-17-20(22)21-18-19-26(23,24)25;/h2-19H2,1H3,(H,21,22)(H,23,24,25);. The Morgan fingerprint density at radius 1 is 0.741 bits per heavy atom. The molecule has 1 amide bonds. The second-order valence-electron chi connectivity index (χ2n) is 7.34. The van der Waals surface area contributed by atoms with E-state index >= 15 is 0 Å². The van der Waals surface area contributed by atoms with Crippen molar-refractivity contribution in [2.45, 2.75) is 110 Å². The van der Waals surface area contributed by atoms with Crippen molar-refractivity contribution >= 4 is 45.6 Å². The molecule has 0 saturated carbocycles. The number of nitrogens with one attached hydrogen (secondary N) is 1. The minimum Gasteiger partial charge on any atom is -0.355 e. The zero-order chi connectivity index (χ0) is 19.5. The molecular weight excluding hydrogens is 373 g/mol. The summed E-state index contributed by atoms with van der Waals surface area (Å²) in [6.07, 6.45) is 19.8. The van der Waals surface area contributed by atoms with Crippen LogP contribution in [0.1, 0.15) is 110 Å². The van der Waals surface area contributed by atoms with Crippen molar-refractivity contribution in [3.8, 4) is 0 Å².